The van der Waals surface area contributed by atoms with E-state index in [0.717, 1.165) is 18.7 Å². The Morgan fingerprint density at radius 1 is 1.50 bits per heavy atom. The van der Waals surface area contributed by atoms with Crippen LogP contribution in [-0.2, 0) is 6.54 Å². The smallest absolute Gasteiger partial charge is 0.0762 e. The number of rotatable bonds is 6. The van der Waals surface area contributed by atoms with Gasteiger partial charge in [-0.2, -0.15) is 5.10 Å². The molecule has 102 valence electrons. The van der Waals surface area contributed by atoms with Crippen molar-refractivity contribution in [2.75, 3.05) is 5.88 Å². The molecule has 3 nitrogen and oxygen atoms in total. The standard InChI is InChI=1S/C14H24ClN3/c1-3-12(2)18-9-6-13(17-18)10-16-14(11-15)7-4-5-8-14/h6,9,12,16H,3-5,7-8,10-11H2,1-2H3. The predicted molar refractivity (Wildman–Crippen MR) is 76.0 cm³/mol. The SMILES string of the molecule is CCC(C)n1ccc(CNC2(CCl)CCCC2)n1. The van der Waals surface area contributed by atoms with E-state index >= 15 is 0 Å². The third-order valence-corrected chi connectivity index (χ3v) is 4.68. The molecule has 1 heterocycles. The molecule has 1 N–H and O–H groups in total. The van der Waals surface area contributed by atoms with Crippen LogP contribution in [-0.4, -0.2) is 21.2 Å². The van der Waals surface area contributed by atoms with Gasteiger partial charge in [-0.25, -0.2) is 0 Å². The maximum Gasteiger partial charge on any atom is 0.0762 e. The fraction of sp³-hybridized carbons (Fsp3) is 0.786. The van der Waals surface area contributed by atoms with E-state index < -0.39 is 0 Å². The average Bonchev–Trinajstić information content (AvgIpc) is 3.05. The molecule has 18 heavy (non-hydrogen) atoms. The van der Waals surface area contributed by atoms with E-state index in [1.54, 1.807) is 0 Å². The number of nitrogens with zero attached hydrogens (tertiary/aromatic N) is 2. The topological polar surface area (TPSA) is 29.9 Å². The van der Waals surface area contributed by atoms with Crippen molar-refractivity contribution in [3.63, 3.8) is 0 Å². The van der Waals surface area contributed by atoms with Crippen LogP contribution >= 0.6 is 11.6 Å². The van der Waals surface area contributed by atoms with Gasteiger partial charge >= 0.3 is 0 Å². The summed E-state index contributed by atoms with van der Waals surface area (Å²) in [6, 6.07) is 2.59. The van der Waals surface area contributed by atoms with Gasteiger partial charge < -0.3 is 5.32 Å². The second-order valence-corrected chi connectivity index (χ2v) is 5.79. The van der Waals surface area contributed by atoms with Gasteiger partial charge in [0, 0.05) is 30.2 Å². The summed E-state index contributed by atoms with van der Waals surface area (Å²) in [5.74, 6) is 0.707. The van der Waals surface area contributed by atoms with E-state index in [-0.39, 0.29) is 5.54 Å². The highest BCUT2D eigenvalue weighted by Crippen LogP contribution is 2.30. The molecule has 0 bridgehead atoms. The first-order chi connectivity index (χ1) is 8.69. The lowest BCUT2D eigenvalue weighted by molar-refractivity contribution is 0.363. The summed E-state index contributed by atoms with van der Waals surface area (Å²) < 4.78 is 2.05. The minimum atomic E-state index is 0.154. The van der Waals surface area contributed by atoms with Crippen molar-refractivity contribution in [2.45, 2.75) is 64.1 Å². The van der Waals surface area contributed by atoms with Gasteiger partial charge in [-0.15, -0.1) is 11.6 Å². The monoisotopic (exact) mass is 269 g/mol. The van der Waals surface area contributed by atoms with Crippen molar-refractivity contribution >= 4 is 11.6 Å². The van der Waals surface area contributed by atoms with E-state index in [4.69, 9.17) is 11.6 Å². The third kappa shape index (κ3) is 3.07. The Morgan fingerprint density at radius 3 is 2.83 bits per heavy atom. The van der Waals surface area contributed by atoms with E-state index in [0.29, 0.717) is 11.9 Å². The van der Waals surface area contributed by atoms with Crippen LogP contribution < -0.4 is 5.32 Å². The van der Waals surface area contributed by atoms with Crippen molar-refractivity contribution in [3.05, 3.63) is 18.0 Å². The number of halogens is 1. The Labute approximate surface area is 115 Å². The molecule has 1 unspecified atom stereocenters. The summed E-state index contributed by atoms with van der Waals surface area (Å²) >= 11 is 6.12. The molecule has 2 rings (SSSR count). The maximum atomic E-state index is 6.12. The van der Waals surface area contributed by atoms with Crippen LogP contribution in [0.15, 0.2) is 12.3 Å². The summed E-state index contributed by atoms with van der Waals surface area (Å²) in [6.07, 6.45) is 8.17. The third-order valence-electron chi connectivity index (χ3n) is 4.17. The van der Waals surface area contributed by atoms with Crippen LogP contribution in [0.1, 0.15) is 57.7 Å². The molecule has 1 atom stereocenters. The molecule has 1 saturated carbocycles. The molecule has 0 spiro atoms. The number of hydrogen-bond donors (Lipinski definition) is 1. The Hall–Kier alpha value is -0.540. The highest BCUT2D eigenvalue weighted by molar-refractivity contribution is 6.18. The van der Waals surface area contributed by atoms with Gasteiger partial charge in [-0.1, -0.05) is 19.8 Å². The van der Waals surface area contributed by atoms with E-state index in [9.17, 15) is 0 Å². The molecule has 1 fully saturated rings. The Balaban J connectivity index is 1.91. The van der Waals surface area contributed by atoms with Crippen molar-refractivity contribution in [2.24, 2.45) is 0 Å². The number of alkyl halides is 1. The summed E-state index contributed by atoms with van der Waals surface area (Å²) in [6.45, 7) is 5.21. The molecule has 0 aromatic carbocycles. The minimum absolute atomic E-state index is 0.154. The molecule has 1 aromatic heterocycles. The van der Waals surface area contributed by atoms with Crippen molar-refractivity contribution in [1.82, 2.24) is 15.1 Å². The molecule has 0 radical (unpaired) electrons. The normalized spacial score (nSPS) is 20.2. The minimum Gasteiger partial charge on any atom is -0.304 e. The van der Waals surface area contributed by atoms with E-state index in [1.807, 2.05) is 0 Å². The predicted octanol–water partition coefficient (Wildman–Crippen LogP) is 3.50. The Morgan fingerprint density at radius 2 is 2.22 bits per heavy atom. The Bertz CT molecular complexity index is 369. The fourth-order valence-electron chi connectivity index (χ4n) is 2.59. The zero-order valence-electron chi connectivity index (χ0n) is 11.5. The number of hydrogen-bond acceptors (Lipinski definition) is 2. The van der Waals surface area contributed by atoms with Gasteiger partial charge in [0.25, 0.3) is 0 Å². The summed E-state index contributed by atoms with van der Waals surface area (Å²) in [7, 11) is 0. The van der Waals surface area contributed by atoms with Crippen LogP contribution in [0.25, 0.3) is 0 Å². The Kier molecular flexibility index (Phi) is 4.68. The molecular formula is C14H24ClN3. The van der Waals surface area contributed by atoms with Gasteiger partial charge in [0.15, 0.2) is 0 Å². The van der Waals surface area contributed by atoms with Crippen molar-refractivity contribution in [3.8, 4) is 0 Å². The quantitative estimate of drug-likeness (QED) is 0.801. The first kappa shape index (κ1) is 13.9. The average molecular weight is 270 g/mol. The maximum absolute atomic E-state index is 6.12. The van der Waals surface area contributed by atoms with Crippen LogP contribution in [0.2, 0.25) is 0 Å². The molecule has 1 aliphatic carbocycles. The first-order valence-electron chi connectivity index (χ1n) is 7.04. The first-order valence-corrected chi connectivity index (χ1v) is 7.57. The number of nitrogens with one attached hydrogen (secondary N) is 1. The second-order valence-electron chi connectivity index (χ2n) is 5.52. The number of aromatic nitrogens is 2. The molecule has 0 aliphatic heterocycles. The molecule has 4 heteroatoms. The highest BCUT2D eigenvalue weighted by Gasteiger charge is 2.32. The zero-order chi connectivity index (χ0) is 13.0. The van der Waals surface area contributed by atoms with Gasteiger partial charge in [-0.05, 0) is 32.3 Å². The summed E-state index contributed by atoms with van der Waals surface area (Å²) in [5.41, 5.74) is 1.27. The molecule has 1 aliphatic rings. The molecule has 0 saturated heterocycles. The van der Waals surface area contributed by atoms with Crippen LogP contribution in [0.5, 0.6) is 0 Å². The lowest BCUT2D eigenvalue weighted by atomic mass is 10.0. The highest BCUT2D eigenvalue weighted by atomic mass is 35.5. The van der Waals surface area contributed by atoms with E-state index in [1.165, 1.54) is 25.7 Å². The van der Waals surface area contributed by atoms with E-state index in [2.05, 4.69) is 41.2 Å². The van der Waals surface area contributed by atoms with Crippen LogP contribution in [0.4, 0.5) is 0 Å². The van der Waals surface area contributed by atoms with Gasteiger partial charge in [0.2, 0.25) is 0 Å². The van der Waals surface area contributed by atoms with Gasteiger partial charge in [-0.3, -0.25) is 4.68 Å². The van der Waals surface area contributed by atoms with Gasteiger partial charge in [0.1, 0.15) is 0 Å². The summed E-state index contributed by atoms with van der Waals surface area (Å²) in [5, 5.41) is 8.24. The zero-order valence-corrected chi connectivity index (χ0v) is 12.2. The summed E-state index contributed by atoms with van der Waals surface area (Å²) in [4.78, 5) is 0. The largest absolute Gasteiger partial charge is 0.304 e. The van der Waals surface area contributed by atoms with Gasteiger partial charge in [0.05, 0.1) is 5.69 Å². The lowest BCUT2D eigenvalue weighted by Crippen LogP contribution is -2.44. The van der Waals surface area contributed by atoms with Crippen LogP contribution in [0, 0.1) is 0 Å². The van der Waals surface area contributed by atoms with Crippen LogP contribution in [0.3, 0.4) is 0 Å². The second kappa shape index (κ2) is 6.07. The lowest BCUT2D eigenvalue weighted by Gasteiger charge is -2.27. The molecular weight excluding hydrogens is 246 g/mol. The fourth-order valence-corrected chi connectivity index (χ4v) is 2.95. The molecule has 1 aromatic rings. The van der Waals surface area contributed by atoms with Crippen molar-refractivity contribution in [1.29, 1.82) is 0 Å². The van der Waals surface area contributed by atoms with Crippen molar-refractivity contribution < 1.29 is 0 Å². The molecule has 0 amide bonds.